The number of piperidine rings is 1. The second-order valence-electron chi connectivity index (χ2n) is 12.3. The first kappa shape index (κ1) is 34.5. The molecule has 4 heterocycles. The molecular weight excluding hydrogens is 688 g/mol. The lowest BCUT2D eigenvalue weighted by molar-refractivity contribution is -0.137. The van der Waals surface area contributed by atoms with E-state index in [1.165, 1.54) is 16.7 Å². The van der Waals surface area contributed by atoms with Crippen molar-refractivity contribution in [3.63, 3.8) is 0 Å². The minimum Gasteiger partial charge on any atom is -0.402 e. The Morgan fingerprint density at radius 3 is 2.53 bits per heavy atom. The molecule has 5 N–H and O–H groups in total. The van der Waals surface area contributed by atoms with E-state index in [1.54, 1.807) is 9.47 Å². The highest BCUT2D eigenvalue weighted by molar-refractivity contribution is 6.33. The van der Waals surface area contributed by atoms with Gasteiger partial charge in [0, 0.05) is 35.5 Å². The molecule has 12 nitrogen and oxygen atoms in total. The van der Waals surface area contributed by atoms with Crippen molar-refractivity contribution in [2.24, 2.45) is 11.5 Å². The minimum absolute atomic E-state index is 0.00836. The highest BCUT2D eigenvalue weighted by Gasteiger charge is 2.46. The summed E-state index contributed by atoms with van der Waals surface area (Å²) < 4.78 is 47.8. The van der Waals surface area contributed by atoms with Crippen LogP contribution in [0.3, 0.4) is 0 Å². The van der Waals surface area contributed by atoms with E-state index in [0.717, 1.165) is 23.8 Å². The van der Waals surface area contributed by atoms with Crippen molar-refractivity contribution in [2.45, 2.75) is 56.7 Å². The summed E-state index contributed by atoms with van der Waals surface area (Å²) >= 11 is 11.8. The molecule has 2 amide bonds. The number of likely N-dealkylation sites (tertiary alicyclic amines) is 1. The van der Waals surface area contributed by atoms with E-state index in [0.29, 0.717) is 81.2 Å². The zero-order chi connectivity index (χ0) is 35.1. The number of nitrogens with one attached hydrogen (secondary N) is 1. The van der Waals surface area contributed by atoms with Crippen molar-refractivity contribution in [1.82, 2.24) is 24.1 Å². The molecule has 2 aliphatic heterocycles. The maximum atomic E-state index is 14.2. The van der Waals surface area contributed by atoms with Gasteiger partial charge in [0.1, 0.15) is 6.54 Å². The van der Waals surface area contributed by atoms with Crippen LogP contribution in [-0.4, -0.2) is 62.2 Å². The first-order chi connectivity index (χ1) is 23.3. The number of carbonyl (C=O) groups is 2. The summed E-state index contributed by atoms with van der Waals surface area (Å²) in [7, 11) is 0. The second kappa shape index (κ2) is 13.5. The Kier molecular flexibility index (Phi) is 9.52. The van der Waals surface area contributed by atoms with Gasteiger partial charge in [-0.05, 0) is 68.0 Å². The molecule has 3 aromatic rings. The van der Waals surface area contributed by atoms with Gasteiger partial charge in [0.15, 0.2) is 5.82 Å². The molecule has 1 saturated heterocycles. The summed E-state index contributed by atoms with van der Waals surface area (Å²) in [4.78, 5) is 47.1. The average molecular weight is 722 g/mol. The van der Waals surface area contributed by atoms with E-state index < -0.39 is 23.1 Å². The van der Waals surface area contributed by atoms with Crippen LogP contribution in [-0.2, 0) is 38.9 Å². The third-order valence-corrected chi connectivity index (χ3v) is 9.67. The Labute approximate surface area is 288 Å². The van der Waals surface area contributed by atoms with Gasteiger partial charge >= 0.3 is 6.18 Å². The number of rotatable bonds is 7. The number of aromatic nitrogens is 4. The van der Waals surface area contributed by atoms with Gasteiger partial charge in [0.2, 0.25) is 17.6 Å². The van der Waals surface area contributed by atoms with Gasteiger partial charge in [-0.3, -0.25) is 14.4 Å². The predicted molar refractivity (Wildman–Crippen MR) is 177 cm³/mol. The van der Waals surface area contributed by atoms with E-state index in [2.05, 4.69) is 15.4 Å². The first-order valence-corrected chi connectivity index (χ1v) is 16.3. The Bertz CT molecular complexity index is 1970. The molecule has 1 fully saturated rings. The van der Waals surface area contributed by atoms with Gasteiger partial charge in [-0.1, -0.05) is 29.3 Å². The number of amides is 2. The maximum absolute atomic E-state index is 14.2. The van der Waals surface area contributed by atoms with Gasteiger partial charge in [-0.15, -0.1) is 5.10 Å². The summed E-state index contributed by atoms with van der Waals surface area (Å²) in [6.07, 6.45) is 2.74. The SMILES string of the molecule is N/C(=C\C=C(/N)Cl)CC(=O)N1CCC2(CCc3c2c(=O)n2nc(C4=CCOCC4)nc2n3CC(=O)Nc2ccc(C(F)(F)F)cc2Cl)CC1. The van der Waals surface area contributed by atoms with Gasteiger partial charge < -0.3 is 31.0 Å². The Morgan fingerprint density at radius 2 is 1.88 bits per heavy atom. The average Bonchev–Trinajstić information content (AvgIpc) is 3.67. The molecule has 0 radical (unpaired) electrons. The van der Waals surface area contributed by atoms with Gasteiger partial charge in [0.25, 0.3) is 5.56 Å². The van der Waals surface area contributed by atoms with Crippen LogP contribution in [0, 0.1) is 0 Å². The van der Waals surface area contributed by atoms with Crippen molar-refractivity contribution in [2.75, 3.05) is 31.6 Å². The Balaban J connectivity index is 1.32. The third kappa shape index (κ3) is 7.05. The number of hydrogen-bond acceptors (Lipinski definition) is 8. The van der Waals surface area contributed by atoms with Crippen LogP contribution in [0.2, 0.25) is 5.02 Å². The normalized spacial score (nSPS) is 18.1. The van der Waals surface area contributed by atoms with Crippen molar-refractivity contribution < 1.29 is 27.5 Å². The Morgan fingerprint density at radius 1 is 1.12 bits per heavy atom. The Hall–Kier alpha value is -4.34. The molecule has 0 saturated carbocycles. The molecule has 3 aliphatic rings. The molecule has 1 aromatic carbocycles. The van der Waals surface area contributed by atoms with Crippen LogP contribution in [0.15, 0.2) is 52.1 Å². The molecule has 49 heavy (non-hydrogen) atoms. The zero-order valence-corrected chi connectivity index (χ0v) is 27.7. The van der Waals surface area contributed by atoms with Crippen molar-refractivity contribution >= 4 is 52.1 Å². The van der Waals surface area contributed by atoms with Crippen LogP contribution >= 0.6 is 23.2 Å². The fourth-order valence-electron chi connectivity index (χ4n) is 6.75. The van der Waals surface area contributed by atoms with E-state index in [1.807, 2.05) is 6.08 Å². The molecule has 1 aliphatic carbocycles. The van der Waals surface area contributed by atoms with Crippen molar-refractivity contribution in [3.05, 3.63) is 85.3 Å². The standard InChI is InChI=1S/C32H33Cl2F3N8O4/c33-21-15-19(32(35,36)37)1-3-22(21)40-25(46)17-44-23-5-8-31(9-11-43(12-10-31)26(47)16-20(38)2-4-24(34)39)27(23)29(48)45-30(44)41-28(42-45)18-6-13-49-14-7-18/h1-4,6,15H,5,7-14,16-17,38-39H2,(H,40,46)/b20-2-,24-4-. The largest absolute Gasteiger partial charge is 0.416 e. The summed E-state index contributed by atoms with van der Waals surface area (Å²) in [5.41, 5.74) is 11.8. The number of hydrogen-bond donors (Lipinski definition) is 3. The summed E-state index contributed by atoms with van der Waals surface area (Å²) in [5, 5.41) is 6.95. The lowest BCUT2D eigenvalue weighted by atomic mass is 9.74. The summed E-state index contributed by atoms with van der Waals surface area (Å²) in [6, 6.07) is 2.68. The summed E-state index contributed by atoms with van der Waals surface area (Å²) in [6.45, 7) is 1.31. The van der Waals surface area contributed by atoms with Crippen LogP contribution in [0.1, 0.15) is 54.7 Å². The second-order valence-corrected chi connectivity index (χ2v) is 13.1. The number of ether oxygens (including phenoxy) is 1. The molecule has 0 unspecified atom stereocenters. The van der Waals surface area contributed by atoms with Crippen LogP contribution in [0.25, 0.3) is 11.4 Å². The number of anilines is 1. The molecule has 1 spiro atoms. The van der Waals surface area contributed by atoms with E-state index in [9.17, 15) is 27.6 Å². The fraction of sp³-hybridized carbons (Fsp3) is 0.406. The van der Waals surface area contributed by atoms with Gasteiger partial charge in [-0.2, -0.15) is 22.7 Å². The van der Waals surface area contributed by atoms with E-state index in [4.69, 9.17) is 39.4 Å². The topological polar surface area (TPSA) is 163 Å². The lowest BCUT2D eigenvalue weighted by Crippen LogP contribution is -2.46. The number of carbonyl (C=O) groups excluding carboxylic acids is 2. The smallest absolute Gasteiger partial charge is 0.402 e. The number of nitrogens with zero attached hydrogens (tertiary/aromatic N) is 5. The number of halogens is 5. The summed E-state index contributed by atoms with van der Waals surface area (Å²) in [5.74, 6) is -0.240. The molecule has 0 bridgehead atoms. The van der Waals surface area contributed by atoms with Gasteiger partial charge in [0.05, 0.1) is 41.1 Å². The number of alkyl halides is 3. The first-order valence-electron chi connectivity index (χ1n) is 15.6. The molecular formula is C32H33Cl2F3N8O4. The third-order valence-electron chi connectivity index (χ3n) is 9.23. The molecule has 17 heteroatoms. The monoisotopic (exact) mass is 720 g/mol. The number of fused-ring (bicyclic) bond motifs is 3. The minimum atomic E-state index is -4.60. The quantitative estimate of drug-likeness (QED) is 0.243. The van der Waals surface area contributed by atoms with Crippen LogP contribution in [0.4, 0.5) is 18.9 Å². The van der Waals surface area contributed by atoms with Crippen LogP contribution < -0.4 is 22.3 Å². The maximum Gasteiger partial charge on any atom is 0.416 e. The zero-order valence-electron chi connectivity index (χ0n) is 26.2. The predicted octanol–water partition coefficient (Wildman–Crippen LogP) is 4.08. The lowest BCUT2D eigenvalue weighted by Gasteiger charge is -2.39. The molecule has 6 rings (SSSR count). The van der Waals surface area contributed by atoms with Crippen molar-refractivity contribution in [3.8, 4) is 0 Å². The van der Waals surface area contributed by atoms with Crippen molar-refractivity contribution in [1.29, 1.82) is 0 Å². The van der Waals surface area contributed by atoms with Gasteiger partial charge in [-0.25, -0.2) is 0 Å². The van der Waals surface area contributed by atoms with Crippen LogP contribution in [0.5, 0.6) is 0 Å². The number of benzene rings is 1. The van der Waals surface area contributed by atoms with E-state index in [-0.39, 0.29) is 46.1 Å². The fourth-order valence-corrected chi connectivity index (χ4v) is 7.04. The number of nitrogens with two attached hydrogens (primary N) is 2. The van der Waals surface area contributed by atoms with E-state index >= 15 is 0 Å². The molecule has 0 atom stereocenters. The molecule has 2 aromatic heterocycles. The number of allylic oxidation sites excluding steroid dienone is 2. The highest BCUT2D eigenvalue weighted by atomic mass is 35.5. The highest BCUT2D eigenvalue weighted by Crippen LogP contribution is 2.45. The molecule has 260 valence electrons.